The van der Waals surface area contributed by atoms with Crippen molar-refractivity contribution in [3.05, 3.63) is 53.6 Å². The number of methoxy groups -OCH3 is 2. The van der Waals surface area contributed by atoms with Gasteiger partial charge in [0, 0.05) is 37.8 Å². The van der Waals surface area contributed by atoms with Crippen molar-refractivity contribution >= 4 is 15.9 Å². The minimum Gasteiger partial charge on any atom is -0.497 e. The zero-order valence-electron chi connectivity index (χ0n) is 16.9. The second kappa shape index (κ2) is 9.15. The van der Waals surface area contributed by atoms with E-state index in [4.69, 9.17) is 9.47 Å². The van der Waals surface area contributed by atoms with Gasteiger partial charge in [-0.3, -0.25) is 4.79 Å². The number of hydrogen-bond acceptors (Lipinski definition) is 6. The molecule has 0 bridgehead atoms. The van der Waals surface area contributed by atoms with Crippen LogP contribution in [0.4, 0.5) is 0 Å². The molecule has 2 aromatic carbocycles. The van der Waals surface area contributed by atoms with Crippen LogP contribution in [0.2, 0.25) is 0 Å². The van der Waals surface area contributed by atoms with Crippen molar-refractivity contribution in [3.63, 3.8) is 0 Å². The summed E-state index contributed by atoms with van der Waals surface area (Å²) in [5, 5.41) is 9.21. The first-order valence-corrected chi connectivity index (χ1v) is 10.8. The van der Waals surface area contributed by atoms with Crippen LogP contribution in [-0.2, 0) is 21.2 Å². The Hall–Kier alpha value is -3.09. The van der Waals surface area contributed by atoms with Gasteiger partial charge < -0.3 is 14.4 Å². The Morgan fingerprint density at radius 2 is 1.77 bits per heavy atom. The Kier molecular flexibility index (Phi) is 6.59. The summed E-state index contributed by atoms with van der Waals surface area (Å²) in [7, 11) is -0.701. The molecule has 1 amide bonds. The second-order valence-electron chi connectivity index (χ2n) is 6.75. The molecule has 0 saturated carbocycles. The molecule has 8 nitrogen and oxygen atoms in total. The number of amides is 1. The van der Waals surface area contributed by atoms with Crippen molar-refractivity contribution in [1.29, 1.82) is 5.26 Å². The standard InChI is InChI=1S/C21H23N3O5S/c1-28-18-8-7-16(19(14-18)29-2)13-21(25)23-9-11-24(12-10-23)30(26,27)20-6-4-3-5-17(20)15-22/h3-8,14H,9-13H2,1-2H3. The maximum Gasteiger partial charge on any atom is 0.244 e. The average molecular weight is 429 g/mol. The predicted octanol–water partition coefficient (Wildman–Crippen LogP) is 1.65. The van der Waals surface area contributed by atoms with Crippen molar-refractivity contribution < 1.29 is 22.7 Å². The number of carbonyl (C=O) groups excluding carboxylic acids is 1. The third kappa shape index (κ3) is 4.40. The second-order valence-corrected chi connectivity index (χ2v) is 8.65. The highest BCUT2D eigenvalue weighted by Crippen LogP contribution is 2.26. The van der Waals surface area contributed by atoms with Gasteiger partial charge in [0.1, 0.15) is 17.6 Å². The number of rotatable bonds is 6. The molecule has 1 aliphatic heterocycles. The highest BCUT2D eigenvalue weighted by molar-refractivity contribution is 7.89. The molecule has 1 fully saturated rings. The quantitative estimate of drug-likeness (QED) is 0.692. The molecule has 0 N–H and O–H groups in total. The fourth-order valence-corrected chi connectivity index (χ4v) is 4.94. The monoisotopic (exact) mass is 429 g/mol. The van der Waals surface area contributed by atoms with Crippen LogP contribution in [0.1, 0.15) is 11.1 Å². The van der Waals surface area contributed by atoms with E-state index in [-0.39, 0.29) is 49.0 Å². The summed E-state index contributed by atoms with van der Waals surface area (Å²) in [6.07, 6.45) is 0.150. The van der Waals surface area contributed by atoms with E-state index in [0.717, 1.165) is 5.56 Å². The summed E-state index contributed by atoms with van der Waals surface area (Å²) in [6.45, 7) is 0.914. The molecular formula is C21H23N3O5S. The molecular weight excluding hydrogens is 406 g/mol. The van der Waals surface area contributed by atoms with Gasteiger partial charge in [0.05, 0.1) is 31.1 Å². The molecule has 0 atom stereocenters. The number of benzene rings is 2. The zero-order valence-corrected chi connectivity index (χ0v) is 17.7. The lowest BCUT2D eigenvalue weighted by atomic mass is 10.1. The van der Waals surface area contributed by atoms with Gasteiger partial charge in [0.15, 0.2) is 0 Å². The van der Waals surface area contributed by atoms with E-state index >= 15 is 0 Å². The number of sulfonamides is 1. The van der Waals surface area contributed by atoms with Crippen LogP contribution in [0.3, 0.4) is 0 Å². The molecule has 0 aliphatic carbocycles. The Balaban J connectivity index is 1.67. The Morgan fingerprint density at radius 3 is 2.40 bits per heavy atom. The van der Waals surface area contributed by atoms with E-state index in [1.807, 2.05) is 6.07 Å². The summed E-state index contributed by atoms with van der Waals surface area (Å²) < 4.78 is 37.7. The lowest BCUT2D eigenvalue weighted by molar-refractivity contribution is -0.131. The maximum absolute atomic E-state index is 12.9. The van der Waals surface area contributed by atoms with Crippen LogP contribution >= 0.6 is 0 Å². The molecule has 158 valence electrons. The topological polar surface area (TPSA) is 99.9 Å². The maximum atomic E-state index is 12.9. The molecule has 3 rings (SSSR count). The summed E-state index contributed by atoms with van der Waals surface area (Å²) in [6, 6.07) is 13.3. The SMILES string of the molecule is COc1ccc(CC(=O)N2CCN(S(=O)(=O)c3ccccc3C#N)CC2)c(OC)c1. The molecule has 9 heteroatoms. The van der Waals surface area contributed by atoms with Gasteiger partial charge in [-0.1, -0.05) is 18.2 Å². The largest absolute Gasteiger partial charge is 0.497 e. The van der Waals surface area contributed by atoms with E-state index in [9.17, 15) is 18.5 Å². The Bertz CT molecular complexity index is 1070. The van der Waals surface area contributed by atoms with Crippen molar-refractivity contribution in [2.45, 2.75) is 11.3 Å². The first kappa shape index (κ1) is 21.6. The lowest BCUT2D eigenvalue weighted by Crippen LogP contribution is -2.51. The highest BCUT2D eigenvalue weighted by atomic mass is 32.2. The molecule has 2 aromatic rings. The minimum atomic E-state index is -3.79. The van der Waals surface area contributed by atoms with Crippen molar-refractivity contribution in [2.75, 3.05) is 40.4 Å². The van der Waals surface area contributed by atoms with Crippen LogP contribution in [-0.4, -0.2) is 63.9 Å². The van der Waals surface area contributed by atoms with E-state index in [1.54, 1.807) is 42.3 Å². The Morgan fingerprint density at radius 1 is 1.07 bits per heavy atom. The number of ether oxygens (including phenoxy) is 2. The molecule has 0 spiro atoms. The Labute approximate surface area is 176 Å². The van der Waals surface area contributed by atoms with Crippen molar-refractivity contribution in [3.8, 4) is 17.6 Å². The third-order valence-corrected chi connectivity index (χ3v) is 7.01. The molecule has 30 heavy (non-hydrogen) atoms. The molecule has 1 saturated heterocycles. The molecule has 1 aliphatic rings. The third-order valence-electron chi connectivity index (χ3n) is 5.05. The van der Waals surface area contributed by atoms with Crippen LogP contribution in [0.25, 0.3) is 0 Å². The van der Waals surface area contributed by atoms with Gasteiger partial charge in [-0.2, -0.15) is 9.57 Å². The smallest absolute Gasteiger partial charge is 0.244 e. The van der Waals surface area contributed by atoms with Crippen molar-refractivity contribution in [2.24, 2.45) is 0 Å². The molecule has 0 aromatic heterocycles. The summed E-state index contributed by atoms with van der Waals surface area (Å²) in [5.74, 6) is 1.10. The van der Waals surface area contributed by atoms with Crippen LogP contribution < -0.4 is 9.47 Å². The number of nitriles is 1. The summed E-state index contributed by atoms with van der Waals surface area (Å²) in [5.41, 5.74) is 0.851. The van der Waals surface area contributed by atoms with Crippen molar-refractivity contribution in [1.82, 2.24) is 9.21 Å². The summed E-state index contributed by atoms with van der Waals surface area (Å²) in [4.78, 5) is 14.4. The van der Waals surface area contributed by atoms with Crippen LogP contribution in [0.15, 0.2) is 47.4 Å². The molecule has 0 unspecified atom stereocenters. The average Bonchev–Trinajstić information content (AvgIpc) is 2.79. The lowest BCUT2D eigenvalue weighted by Gasteiger charge is -2.34. The van der Waals surface area contributed by atoms with Crippen LogP contribution in [0.5, 0.6) is 11.5 Å². The number of nitrogens with zero attached hydrogens (tertiary/aromatic N) is 3. The van der Waals surface area contributed by atoms with Crippen LogP contribution in [0, 0.1) is 11.3 Å². The van der Waals surface area contributed by atoms with Gasteiger partial charge >= 0.3 is 0 Å². The van der Waals surface area contributed by atoms with Gasteiger partial charge in [-0.25, -0.2) is 8.42 Å². The first-order valence-electron chi connectivity index (χ1n) is 9.38. The van der Waals surface area contributed by atoms with Gasteiger partial charge in [0.25, 0.3) is 0 Å². The highest BCUT2D eigenvalue weighted by Gasteiger charge is 2.31. The van der Waals surface area contributed by atoms with Gasteiger partial charge in [-0.15, -0.1) is 0 Å². The predicted molar refractivity (Wildman–Crippen MR) is 110 cm³/mol. The zero-order chi connectivity index (χ0) is 21.7. The minimum absolute atomic E-state index is 0.00440. The fourth-order valence-electron chi connectivity index (χ4n) is 3.37. The summed E-state index contributed by atoms with van der Waals surface area (Å²) >= 11 is 0. The first-order chi connectivity index (χ1) is 14.4. The van der Waals surface area contributed by atoms with E-state index < -0.39 is 10.0 Å². The number of hydrogen-bond donors (Lipinski definition) is 0. The molecule has 0 radical (unpaired) electrons. The fraction of sp³-hybridized carbons (Fsp3) is 0.333. The van der Waals surface area contributed by atoms with Gasteiger partial charge in [0.2, 0.25) is 15.9 Å². The van der Waals surface area contributed by atoms with Gasteiger partial charge in [-0.05, 0) is 18.2 Å². The number of piperazine rings is 1. The van der Waals surface area contributed by atoms with E-state index in [1.165, 1.54) is 23.5 Å². The van der Waals surface area contributed by atoms with E-state index in [0.29, 0.717) is 11.5 Å². The normalized spacial score (nSPS) is 14.8. The van der Waals surface area contributed by atoms with E-state index in [2.05, 4.69) is 0 Å². The molecule has 1 heterocycles. The number of carbonyl (C=O) groups is 1.